The molecule has 84 valence electrons. The number of nitrogens with one attached hydrogen (secondary N) is 2. The maximum Gasteiger partial charge on any atom is 0.109 e. The van der Waals surface area contributed by atoms with Gasteiger partial charge in [-0.2, -0.15) is 0 Å². The van der Waals surface area contributed by atoms with Crippen LogP contribution in [0.15, 0.2) is 11.6 Å². The van der Waals surface area contributed by atoms with Gasteiger partial charge < -0.3 is 10.6 Å². The first-order valence-corrected chi connectivity index (χ1v) is 6.45. The van der Waals surface area contributed by atoms with Gasteiger partial charge in [0.2, 0.25) is 0 Å². The molecule has 1 saturated heterocycles. The third kappa shape index (κ3) is 2.77. The predicted molar refractivity (Wildman–Crippen MR) is 64.2 cm³/mol. The number of thiazole rings is 1. The van der Waals surface area contributed by atoms with E-state index in [4.69, 9.17) is 0 Å². The molecule has 2 heterocycles. The van der Waals surface area contributed by atoms with E-state index in [1.807, 2.05) is 11.6 Å². The quantitative estimate of drug-likeness (QED) is 0.822. The average molecular weight is 225 g/mol. The van der Waals surface area contributed by atoms with E-state index in [9.17, 15) is 0 Å². The monoisotopic (exact) mass is 225 g/mol. The lowest BCUT2D eigenvalue weighted by Crippen LogP contribution is -2.46. The maximum atomic E-state index is 4.32. The number of hydrogen-bond acceptors (Lipinski definition) is 4. The zero-order chi connectivity index (χ0) is 10.7. The maximum absolute atomic E-state index is 4.32. The summed E-state index contributed by atoms with van der Waals surface area (Å²) < 4.78 is 0. The molecule has 0 aliphatic carbocycles. The molecule has 0 radical (unpaired) electrons. The van der Waals surface area contributed by atoms with Crippen molar-refractivity contribution in [3.8, 4) is 0 Å². The van der Waals surface area contributed by atoms with Crippen LogP contribution in [0, 0.1) is 0 Å². The molecule has 0 amide bonds. The fourth-order valence-corrected chi connectivity index (χ4v) is 2.69. The van der Waals surface area contributed by atoms with Crippen molar-refractivity contribution in [1.29, 1.82) is 0 Å². The molecule has 2 unspecified atom stereocenters. The molecule has 1 aliphatic heterocycles. The van der Waals surface area contributed by atoms with Crippen LogP contribution in [0.5, 0.6) is 0 Å². The molecule has 0 spiro atoms. The van der Waals surface area contributed by atoms with Crippen LogP contribution in [0.4, 0.5) is 0 Å². The van der Waals surface area contributed by atoms with Crippen LogP contribution in [0.1, 0.15) is 37.7 Å². The van der Waals surface area contributed by atoms with Crippen molar-refractivity contribution < 1.29 is 0 Å². The van der Waals surface area contributed by atoms with Gasteiger partial charge in [0.05, 0.1) is 6.04 Å². The zero-order valence-corrected chi connectivity index (χ0v) is 10.2. The summed E-state index contributed by atoms with van der Waals surface area (Å²) in [5.74, 6) is 0. The van der Waals surface area contributed by atoms with E-state index in [0.29, 0.717) is 6.04 Å². The fourth-order valence-electron chi connectivity index (χ4n) is 2.02. The lowest BCUT2D eigenvalue weighted by molar-refractivity contribution is 0.367. The highest BCUT2D eigenvalue weighted by Gasteiger charge is 2.28. The summed E-state index contributed by atoms with van der Waals surface area (Å²) in [6.45, 7) is 6.65. The average Bonchev–Trinajstić information content (AvgIpc) is 2.85. The van der Waals surface area contributed by atoms with Gasteiger partial charge in [-0.1, -0.05) is 0 Å². The van der Waals surface area contributed by atoms with E-state index < -0.39 is 0 Å². The van der Waals surface area contributed by atoms with Crippen molar-refractivity contribution in [1.82, 2.24) is 15.6 Å². The first-order chi connectivity index (χ1) is 7.20. The smallest absolute Gasteiger partial charge is 0.109 e. The van der Waals surface area contributed by atoms with E-state index in [2.05, 4.69) is 29.5 Å². The lowest BCUT2D eigenvalue weighted by atomic mass is 10.0. The normalized spacial score (nSPS) is 28.1. The van der Waals surface area contributed by atoms with E-state index in [1.54, 1.807) is 11.3 Å². The van der Waals surface area contributed by atoms with Crippen molar-refractivity contribution in [2.24, 2.45) is 0 Å². The minimum absolute atomic E-state index is 0.283. The third-order valence-corrected chi connectivity index (χ3v) is 4.04. The van der Waals surface area contributed by atoms with Gasteiger partial charge in [0, 0.05) is 23.7 Å². The van der Waals surface area contributed by atoms with Crippen molar-refractivity contribution in [2.45, 2.75) is 38.3 Å². The molecule has 1 aromatic heterocycles. The van der Waals surface area contributed by atoms with Gasteiger partial charge >= 0.3 is 0 Å². The molecule has 3 nitrogen and oxygen atoms in total. The number of rotatable bonds is 4. The molecule has 2 rings (SSSR count). The zero-order valence-electron chi connectivity index (χ0n) is 9.42. The molecule has 1 fully saturated rings. The summed E-state index contributed by atoms with van der Waals surface area (Å²) in [5.41, 5.74) is 0.283. The van der Waals surface area contributed by atoms with Crippen LogP contribution >= 0.6 is 11.3 Å². The molecule has 0 saturated carbocycles. The van der Waals surface area contributed by atoms with Gasteiger partial charge in [-0.15, -0.1) is 11.3 Å². The second-order valence-electron chi connectivity index (χ2n) is 4.56. The predicted octanol–water partition coefficient (Wildman–Crippen LogP) is 1.94. The Morgan fingerprint density at radius 3 is 3.20 bits per heavy atom. The summed E-state index contributed by atoms with van der Waals surface area (Å²) in [6.07, 6.45) is 4.43. The fraction of sp³-hybridized carbons (Fsp3) is 0.727. The first kappa shape index (κ1) is 11.0. The largest absolute Gasteiger partial charge is 0.310 e. The minimum Gasteiger partial charge on any atom is -0.310 e. The molecule has 0 bridgehead atoms. The van der Waals surface area contributed by atoms with E-state index in [-0.39, 0.29) is 5.54 Å². The lowest BCUT2D eigenvalue weighted by Gasteiger charge is -2.26. The Kier molecular flexibility index (Phi) is 3.38. The van der Waals surface area contributed by atoms with Crippen molar-refractivity contribution in [3.63, 3.8) is 0 Å². The Labute approximate surface area is 95.3 Å². The van der Waals surface area contributed by atoms with E-state index >= 15 is 0 Å². The number of hydrogen-bond donors (Lipinski definition) is 2. The Hall–Kier alpha value is -0.450. The Morgan fingerprint density at radius 1 is 1.73 bits per heavy atom. The van der Waals surface area contributed by atoms with Crippen molar-refractivity contribution >= 4 is 11.3 Å². The highest BCUT2D eigenvalue weighted by molar-refractivity contribution is 7.09. The summed E-state index contributed by atoms with van der Waals surface area (Å²) in [7, 11) is 0. The SMILES string of the molecule is CC(NCC1(C)CCCN1)c1nccs1. The second kappa shape index (κ2) is 4.60. The molecule has 2 N–H and O–H groups in total. The molecule has 15 heavy (non-hydrogen) atoms. The van der Waals surface area contributed by atoms with Crippen LogP contribution < -0.4 is 10.6 Å². The first-order valence-electron chi connectivity index (χ1n) is 5.57. The van der Waals surface area contributed by atoms with E-state index in [0.717, 1.165) is 13.1 Å². The topological polar surface area (TPSA) is 37.0 Å². The summed E-state index contributed by atoms with van der Waals surface area (Å²) >= 11 is 1.72. The Morgan fingerprint density at radius 2 is 2.60 bits per heavy atom. The molecular formula is C11H19N3S. The summed E-state index contributed by atoms with van der Waals surface area (Å²) in [4.78, 5) is 4.32. The number of aromatic nitrogens is 1. The van der Waals surface area contributed by atoms with Crippen LogP contribution in [0.2, 0.25) is 0 Å². The number of nitrogens with zero attached hydrogens (tertiary/aromatic N) is 1. The van der Waals surface area contributed by atoms with Crippen molar-refractivity contribution in [3.05, 3.63) is 16.6 Å². The van der Waals surface area contributed by atoms with Gasteiger partial charge in [-0.25, -0.2) is 4.98 Å². The molecule has 4 heteroatoms. The van der Waals surface area contributed by atoms with Gasteiger partial charge in [-0.3, -0.25) is 0 Å². The molecule has 1 aliphatic rings. The van der Waals surface area contributed by atoms with Crippen LogP contribution in [-0.2, 0) is 0 Å². The second-order valence-corrected chi connectivity index (χ2v) is 5.49. The Bertz CT molecular complexity index is 291. The molecule has 0 aromatic carbocycles. The third-order valence-electron chi connectivity index (χ3n) is 3.08. The summed E-state index contributed by atoms with van der Waals surface area (Å²) in [6, 6.07) is 0.365. The Balaban J connectivity index is 1.83. The van der Waals surface area contributed by atoms with Crippen LogP contribution in [0.25, 0.3) is 0 Å². The molecular weight excluding hydrogens is 206 g/mol. The van der Waals surface area contributed by atoms with Gasteiger partial charge in [0.1, 0.15) is 5.01 Å². The molecule has 1 aromatic rings. The van der Waals surface area contributed by atoms with Crippen LogP contribution in [0.3, 0.4) is 0 Å². The summed E-state index contributed by atoms with van der Waals surface area (Å²) in [5, 5.41) is 10.3. The van der Waals surface area contributed by atoms with Gasteiger partial charge in [-0.05, 0) is 33.2 Å². The molecule has 2 atom stereocenters. The minimum atomic E-state index is 0.283. The van der Waals surface area contributed by atoms with Crippen LogP contribution in [-0.4, -0.2) is 23.6 Å². The highest BCUT2D eigenvalue weighted by atomic mass is 32.1. The highest BCUT2D eigenvalue weighted by Crippen LogP contribution is 2.20. The van der Waals surface area contributed by atoms with E-state index in [1.165, 1.54) is 17.8 Å². The van der Waals surface area contributed by atoms with Gasteiger partial charge in [0.15, 0.2) is 0 Å². The van der Waals surface area contributed by atoms with Crippen molar-refractivity contribution in [2.75, 3.05) is 13.1 Å². The van der Waals surface area contributed by atoms with Gasteiger partial charge in [0.25, 0.3) is 0 Å². The standard InChI is InChI=1S/C11H19N3S/c1-9(10-12-6-7-15-10)13-8-11(2)4-3-5-14-11/h6-7,9,13-14H,3-5,8H2,1-2H3.